The van der Waals surface area contributed by atoms with Crippen LogP contribution in [0.4, 0.5) is 0 Å². The first-order valence-corrected chi connectivity index (χ1v) is 6.47. The number of carbonyl (C=O) groups excluding carboxylic acids is 1. The van der Waals surface area contributed by atoms with E-state index in [0.29, 0.717) is 0 Å². The van der Waals surface area contributed by atoms with Crippen LogP contribution in [0.3, 0.4) is 0 Å². The van der Waals surface area contributed by atoms with Crippen molar-refractivity contribution in [3.63, 3.8) is 0 Å². The normalized spacial score (nSPS) is 24.3. The van der Waals surface area contributed by atoms with Gasteiger partial charge in [-0.3, -0.25) is 9.35 Å². The van der Waals surface area contributed by atoms with E-state index in [1.165, 1.54) is 0 Å². The van der Waals surface area contributed by atoms with Crippen molar-refractivity contribution in [2.45, 2.75) is 5.25 Å². The van der Waals surface area contributed by atoms with Gasteiger partial charge in [0.1, 0.15) is 0 Å². The Labute approximate surface area is 75.1 Å². The van der Waals surface area contributed by atoms with Crippen LogP contribution >= 0.6 is 0 Å². The van der Waals surface area contributed by atoms with Gasteiger partial charge in [-0.25, -0.2) is 12.7 Å². The number of sulfone groups is 1. The maximum absolute atomic E-state index is 10.9. The number of amides is 1. The summed E-state index contributed by atoms with van der Waals surface area (Å²) in [5.74, 6) is -1.11. The number of β-lactam (4-membered cyclic amide) rings is 1. The smallest absolute Gasteiger partial charge is 0.272 e. The lowest BCUT2D eigenvalue weighted by Gasteiger charge is -2.33. The predicted octanol–water partition coefficient (Wildman–Crippen LogP) is -1.96. The van der Waals surface area contributed by atoms with Crippen molar-refractivity contribution >= 4 is 26.0 Å². The average Bonchev–Trinajstić information content (AvgIpc) is 1.77. The summed E-state index contributed by atoms with van der Waals surface area (Å²) >= 11 is 0. The molecular formula is C4H7NO6S2. The minimum Gasteiger partial charge on any atom is -0.272 e. The first-order chi connectivity index (χ1) is 5.64. The SMILES string of the molecule is CS(=O)(=O)C1CN(S(=O)(=O)O)C1=O. The van der Waals surface area contributed by atoms with E-state index in [1.54, 1.807) is 0 Å². The van der Waals surface area contributed by atoms with Crippen LogP contribution < -0.4 is 0 Å². The van der Waals surface area contributed by atoms with E-state index in [-0.39, 0.29) is 4.31 Å². The Bertz CT molecular complexity index is 393. The Morgan fingerprint density at radius 2 is 1.85 bits per heavy atom. The maximum atomic E-state index is 10.9. The van der Waals surface area contributed by atoms with Crippen LogP contribution in [0.25, 0.3) is 0 Å². The number of rotatable bonds is 2. The molecular weight excluding hydrogens is 222 g/mol. The summed E-state index contributed by atoms with van der Waals surface area (Å²) in [6, 6.07) is 0. The van der Waals surface area contributed by atoms with E-state index in [2.05, 4.69) is 0 Å². The van der Waals surface area contributed by atoms with Crippen molar-refractivity contribution < 1.29 is 26.2 Å². The van der Waals surface area contributed by atoms with Gasteiger partial charge in [0.2, 0.25) is 0 Å². The molecule has 0 aromatic rings. The molecule has 1 saturated heterocycles. The summed E-state index contributed by atoms with van der Waals surface area (Å²) in [4.78, 5) is 10.9. The standard InChI is InChI=1S/C4H7NO6S2/c1-12(7,8)3-2-5(4(3)6)13(9,10)11/h3H,2H2,1H3,(H,9,10,11). The highest BCUT2D eigenvalue weighted by Crippen LogP contribution is 2.19. The highest BCUT2D eigenvalue weighted by Gasteiger charge is 2.49. The zero-order valence-corrected chi connectivity index (χ0v) is 8.17. The summed E-state index contributed by atoms with van der Waals surface area (Å²) in [5, 5.41) is -1.34. The Balaban J connectivity index is 2.88. The minimum atomic E-state index is -4.59. The molecule has 0 radical (unpaired) electrons. The molecule has 1 unspecified atom stereocenters. The molecule has 1 fully saturated rings. The van der Waals surface area contributed by atoms with Gasteiger partial charge in [0.25, 0.3) is 5.91 Å². The number of carbonyl (C=O) groups is 1. The van der Waals surface area contributed by atoms with E-state index in [0.717, 1.165) is 6.26 Å². The topological polar surface area (TPSA) is 109 Å². The molecule has 1 rings (SSSR count). The number of hydrogen-bond acceptors (Lipinski definition) is 5. The predicted molar refractivity (Wildman–Crippen MR) is 41.9 cm³/mol. The zero-order chi connectivity index (χ0) is 10.4. The summed E-state index contributed by atoms with van der Waals surface area (Å²) in [7, 11) is -8.16. The van der Waals surface area contributed by atoms with E-state index < -0.39 is 37.8 Å². The van der Waals surface area contributed by atoms with Gasteiger partial charge >= 0.3 is 10.3 Å². The molecule has 9 heteroatoms. The molecule has 1 aliphatic heterocycles. The zero-order valence-electron chi connectivity index (χ0n) is 6.54. The van der Waals surface area contributed by atoms with Gasteiger partial charge in [-0.15, -0.1) is 0 Å². The molecule has 1 heterocycles. The second kappa shape index (κ2) is 2.66. The quantitative estimate of drug-likeness (QED) is 0.435. The van der Waals surface area contributed by atoms with Gasteiger partial charge < -0.3 is 0 Å². The van der Waals surface area contributed by atoms with E-state index in [1.807, 2.05) is 0 Å². The third kappa shape index (κ3) is 1.81. The lowest BCUT2D eigenvalue weighted by atomic mass is 10.3. The Morgan fingerprint density at radius 3 is 2.08 bits per heavy atom. The molecule has 0 aliphatic carbocycles. The lowest BCUT2D eigenvalue weighted by molar-refractivity contribution is -0.132. The van der Waals surface area contributed by atoms with Crippen LogP contribution in [0.2, 0.25) is 0 Å². The third-order valence-corrected chi connectivity index (χ3v) is 3.92. The van der Waals surface area contributed by atoms with E-state index in [9.17, 15) is 21.6 Å². The van der Waals surface area contributed by atoms with Crippen molar-refractivity contribution in [2.75, 3.05) is 12.8 Å². The van der Waals surface area contributed by atoms with Gasteiger partial charge in [-0.2, -0.15) is 8.42 Å². The minimum absolute atomic E-state index is 0.110. The molecule has 1 amide bonds. The Morgan fingerprint density at radius 1 is 1.38 bits per heavy atom. The van der Waals surface area contributed by atoms with Crippen molar-refractivity contribution in [2.24, 2.45) is 0 Å². The summed E-state index contributed by atoms with van der Waals surface area (Å²) < 4.78 is 50.8. The fraction of sp³-hybridized carbons (Fsp3) is 0.750. The van der Waals surface area contributed by atoms with Crippen LogP contribution in [0, 0.1) is 0 Å². The molecule has 0 aromatic carbocycles. The van der Waals surface area contributed by atoms with Crippen LogP contribution in [0.15, 0.2) is 0 Å². The Hall–Kier alpha value is -0.670. The molecule has 0 saturated carbocycles. The summed E-state index contributed by atoms with van der Waals surface area (Å²) in [5.41, 5.74) is 0. The summed E-state index contributed by atoms with van der Waals surface area (Å²) in [6.45, 7) is -0.503. The second-order valence-electron chi connectivity index (χ2n) is 2.67. The fourth-order valence-electron chi connectivity index (χ4n) is 0.893. The highest BCUT2D eigenvalue weighted by atomic mass is 32.2. The van der Waals surface area contributed by atoms with Gasteiger partial charge in [0.05, 0.1) is 6.54 Å². The number of nitrogens with zero attached hydrogens (tertiary/aromatic N) is 1. The molecule has 0 bridgehead atoms. The van der Waals surface area contributed by atoms with Crippen LogP contribution in [0.5, 0.6) is 0 Å². The van der Waals surface area contributed by atoms with Crippen LogP contribution in [-0.2, 0) is 24.9 Å². The van der Waals surface area contributed by atoms with E-state index in [4.69, 9.17) is 4.55 Å². The largest absolute Gasteiger partial charge is 0.362 e. The lowest BCUT2D eigenvalue weighted by Crippen LogP contribution is -2.61. The van der Waals surface area contributed by atoms with Gasteiger partial charge in [-0.1, -0.05) is 0 Å². The average molecular weight is 229 g/mol. The monoisotopic (exact) mass is 229 g/mol. The van der Waals surface area contributed by atoms with Gasteiger partial charge in [-0.05, 0) is 0 Å². The molecule has 13 heavy (non-hydrogen) atoms. The number of hydrogen-bond donors (Lipinski definition) is 1. The van der Waals surface area contributed by atoms with Crippen LogP contribution in [-0.4, -0.2) is 49.7 Å². The van der Waals surface area contributed by atoms with Gasteiger partial charge in [0, 0.05) is 6.26 Å². The highest BCUT2D eigenvalue weighted by molar-refractivity contribution is 7.92. The molecule has 1 atom stereocenters. The second-order valence-corrected chi connectivity index (χ2v) is 6.23. The fourth-order valence-corrected chi connectivity index (χ4v) is 2.66. The summed E-state index contributed by atoms with van der Waals surface area (Å²) in [6.07, 6.45) is 0.830. The van der Waals surface area contributed by atoms with E-state index >= 15 is 0 Å². The first-order valence-electron chi connectivity index (χ1n) is 3.12. The first kappa shape index (κ1) is 10.4. The van der Waals surface area contributed by atoms with Crippen molar-refractivity contribution in [1.29, 1.82) is 0 Å². The van der Waals surface area contributed by atoms with Crippen molar-refractivity contribution in [3.05, 3.63) is 0 Å². The van der Waals surface area contributed by atoms with Crippen molar-refractivity contribution in [3.8, 4) is 0 Å². The Kier molecular flexibility index (Phi) is 2.13. The molecule has 0 aromatic heterocycles. The van der Waals surface area contributed by atoms with Crippen LogP contribution in [0.1, 0.15) is 0 Å². The molecule has 1 N–H and O–H groups in total. The molecule has 1 aliphatic rings. The molecule has 76 valence electrons. The maximum Gasteiger partial charge on any atom is 0.362 e. The third-order valence-electron chi connectivity index (χ3n) is 1.65. The van der Waals surface area contributed by atoms with Gasteiger partial charge in [0.15, 0.2) is 15.1 Å². The molecule has 7 nitrogen and oxygen atoms in total. The van der Waals surface area contributed by atoms with Crippen molar-refractivity contribution in [1.82, 2.24) is 4.31 Å². The molecule has 0 spiro atoms.